The molecule has 29 heavy (non-hydrogen) atoms. The van der Waals surface area contributed by atoms with Crippen LogP contribution in [-0.4, -0.2) is 73.7 Å². The van der Waals surface area contributed by atoms with Gasteiger partial charge < -0.3 is 19.3 Å². The van der Waals surface area contributed by atoms with Crippen LogP contribution >= 0.6 is 0 Å². The standard InChI is InChI=1S/C23H35N3O3/c1-24-13-10-20(11-14-24)25(2)22(27)9-8-18-5-4-12-26(15-18)16-19-6-3-7-21-23(19)29-17-28-21/h3,6-7,18,20H,4-5,8-17H2,1-2H3. The van der Waals surface area contributed by atoms with Crippen LogP contribution in [0.25, 0.3) is 0 Å². The molecule has 0 aliphatic carbocycles. The molecular formula is C23H35N3O3. The SMILES string of the molecule is CN1CCC(N(C)C(=O)CCC2CCCN(Cc3cccc4c3OCO4)C2)CC1. The highest BCUT2D eigenvalue weighted by molar-refractivity contribution is 5.76. The Kier molecular flexibility index (Phi) is 6.60. The molecule has 6 heteroatoms. The van der Waals surface area contributed by atoms with Crippen molar-refractivity contribution in [3.63, 3.8) is 0 Å². The third-order valence-electron chi connectivity index (χ3n) is 6.87. The Morgan fingerprint density at radius 3 is 2.83 bits per heavy atom. The monoisotopic (exact) mass is 401 g/mol. The minimum Gasteiger partial charge on any atom is -0.454 e. The van der Waals surface area contributed by atoms with Crippen LogP contribution in [0.1, 0.15) is 44.1 Å². The summed E-state index contributed by atoms with van der Waals surface area (Å²) in [4.78, 5) is 19.6. The van der Waals surface area contributed by atoms with E-state index in [0.29, 0.717) is 31.1 Å². The summed E-state index contributed by atoms with van der Waals surface area (Å²) in [7, 11) is 4.17. The zero-order valence-corrected chi connectivity index (χ0v) is 17.9. The second-order valence-corrected chi connectivity index (χ2v) is 8.97. The van der Waals surface area contributed by atoms with Gasteiger partial charge in [-0.3, -0.25) is 9.69 Å². The first-order valence-electron chi connectivity index (χ1n) is 11.1. The van der Waals surface area contributed by atoms with Crippen molar-refractivity contribution < 1.29 is 14.3 Å². The van der Waals surface area contributed by atoms with Crippen LogP contribution in [0.2, 0.25) is 0 Å². The van der Waals surface area contributed by atoms with Crippen LogP contribution in [0.3, 0.4) is 0 Å². The highest BCUT2D eigenvalue weighted by Gasteiger charge is 2.26. The van der Waals surface area contributed by atoms with Gasteiger partial charge in [0.2, 0.25) is 12.7 Å². The summed E-state index contributed by atoms with van der Waals surface area (Å²) >= 11 is 0. The number of fused-ring (bicyclic) bond motifs is 1. The largest absolute Gasteiger partial charge is 0.454 e. The number of hydrogen-bond acceptors (Lipinski definition) is 5. The van der Waals surface area contributed by atoms with E-state index in [4.69, 9.17) is 9.47 Å². The molecule has 0 aromatic heterocycles. The lowest BCUT2D eigenvalue weighted by Crippen LogP contribution is -2.44. The first-order valence-corrected chi connectivity index (χ1v) is 11.1. The molecule has 1 atom stereocenters. The highest BCUT2D eigenvalue weighted by Crippen LogP contribution is 2.36. The van der Waals surface area contributed by atoms with Crippen LogP contribution < -0.4 is 9.47 Å². The van der Waals surface area contributed by atoms with Gasteiger partial charge in [0.1, 0.15) is 0 Å². The van der Waals surface area contributed by atoms with Crippen molar-refractivity contribution in [2.24, 2.45) is 5.92 Å². The molecule has 160 valence electrons. The molecule has 3 aliphatic rings. The number of nitrogens with zero attached hydrogens (tertiary/aromatic N) is 3. The van der Waals surface area contributed by atoms with Gasteiger partial charge in [-0.15, -0.1) is 0 Å². The van der Waals surface area contributed by atoms with Gasteiger partial charge in [0, 0.05) is 38.2 Å². The van der Waals surface area contributed by atoms with Gasteiger partial charge in [0.05, 0.1) is 0 Å². The van der Waals surface area contributed by atoms with E-state index >= 15 is 0 Å². The molecule has 0 saturated carbocycles. The molecule has 2 fully saturated rings. The Balaban J connectivity index is 1.25. The van der Waals surface area contributed by atoms with E-state index < -0.39 is 0 Å². The summed E-state index contributed by atoms with van der Waals surface area (Å²) < 4.78 is 11.2. The Morgan fingerprint density at radius 2 is 2.00 bits per heavy atom. The zero-order chi connectivity index (χ0) is 20.2. The molecule has 6 nitrogen and oxygen atoms in total. The van der Waals surface area contributed by atoms with E-state index in [1.54, 1.807) is 0 Å². The van der Waals surface area contributed by atoms with Crippen molar-refractivity contribution in [3.8, 4) is 11.5 Å². The normalized spacial score (nSPS) is 23.3. The van der Waals surface area contributed by atoms with E-state index in [1.807, 2.05) is 24.1 Å². The molecule has 4 rings (SSSR count). The number of para-hydroxylation sites is 1. The van der Waals surface area contributed by atoms with Crippen LogP contribution in [0.15, 0.2) is 18.2 Å². The third kappa shape index (κ3) is 5.04. The Morgan fingerprint density at radius 1 is 1.17 bits per heavy atom. The minimum absolute atomic E-state index is 0.321. The topological polar surface area (TPSA) is 45.2 Å². The molecule has 0 spiro atoms. The van der Waals surface area contributed by atoms with Crippen molar-refractivity contribution >= 4 is 5.91 Å². The Hall–Kier alpha value is -1.79. The van der Waals surface area contributed by atoms with Gasteiger partial charge in [-0.25, -0.2) is 0 Å². The number of piperidine rings is 2. The van der Waals surface area contributed by atoms with E-state index in [-0.39, 0.29) is 0 Å². The molecule has 3 aliphatic heterocycles. The lowest BCUT2D eigenvalue weighted by Gasteiger charge is -2.36. The minimum atomic E-state index is 0.321. The third-order valence-corrected chi connectivity index (χ3v) is 6.87. The first kappa shape index (κ1) is 20.5. The van der Waals surface area contributed by atoms with Gasteiger partial charge >= 0.3 is 0 Å². The van der Waals surface area contributed by atoms with Gasteiger partial charge in [0.15, 0.2) is 11.5 Å². The first-order chi connectivity index (χ1) is 14.1. The maximum absolute atomic E-state index is 12.7. The van der Waals surface area contributed by atoms with E-state index in [1.165, 1.54) is 18.4 Å². The van der Waals surface area contributed by atoms with E-state index in [2.05, 4.69) is 22.9 Å². The zero-order valence-electron chi connectivity index (χ0n) is 17.9. The fourth-order valence-corrected chi connectivity index (χ4v) is 4.98. The number of amides is 1. The lowest BCUT2D eigenvalue weighted by atomic mass is 9.92. The summed E-state index contributed by atoms with van der Waals surface area (Å²) in [6.45, 7) is 5.59. The average molecular weight is 402 g/mol. The predicted octanol–water partition coefficient (Wildman–Crippen LogP) is 2.96. The number of likely N-dealkylation sites (tertiary alicyclic amines) is 2. The molecule has 0 bridgehead atoms. The quantitative estimate of drug-likeness (QED) is 0.733. The summed E-state index contributed by atoms with van der Waals surface area (Å²) in [6, 6.07) is 6.57. The second kappa shape index (κ2) is 9.35. The summed E-state index contributed by atoms with van der Waals surface area (Å²) in [5.74, 6) is 2.69. The highest BCUT2D eigenvalue weighted by atomic mass is 16.7. The van der Waals surface area contributed by atoms with Crippen molar-refractivity contribution in [1.82, 2.24) is 14.7 Å². The molecule has 3 heterocycles. The smallest absolute Gasteiger partial charge is 0.231 e. The summed E-state index contributed by atoms with van der Waals surface area (Å²) in [5.41, 5.74) is 1.21. The molecular weight excluding hydrogens is 366 g/mol. The van der Waals surface area contributed by atoms with Crippen molar-refractivity contribution in [3.05, 3.63) is 23.8 Å². The summed E-state index contributed by atoms with van der Waals surface area (Å²) in [5, 5.41) is 0. The number of carbonyl (C=O) groups is 1. The van der Waals surface area contributed by atoms with Crippen molar-refractivity contribution in [1.29, 1.82) is 0 Å². The number of ether oxygens (including phenoxy) is 2. The van der Waals surface area contributed by atoms with E-state index in [0.717, 1.165) is 63.5 Å². The maximum Gasteiger partial charge on any atom is 0.231 e. The fourth-order valence-electron chi connectivity index (χ4n) is 4.98. The fraction of sp³-hybridized carbons (Fsp3) is 0.696. The van der Waals surface area contributed by atoms with E-state index in [9.17, 15) is 4.79 Å². The van der Waals surface area contributed by atoms with Gasteiger partial charge in [-0.2, -0.15) is 0 Å². The van der Waals surface area contributed by atoms with Gasteiger partial charge in [0.25, 0.3) is 0 Å². The molecule has 0 radical (unpaired) electrons. The molecule has 1 unspecified atom stereocenters. The molecule has 0 N–H and O–H groups in total. The Bertz CT molecular complexity index is 703. The molecule has 2 saturated heterocycles. The van der Waals surface area contributed by atoms with Crippen LogP contribution in [0, 0.1) is 5.92 Å². The van der Waals surface area contributed by atoms with Crippen LogP contribution in [0.4, 0.5) is 0 Å². The number of hydrogen-bond donors (Lipinski definition) is 0. The number of carbonyl (C=O) groups excluding carboxylic acids is 1. The molecule has 1 aromatic carbocycles. The predicted molar refractivity (Wildman–Crippen MR) is 113 cm³/mol. The average Bonchev–Trinajstić information content (AvgIpc) is 3.22. The second-order valence-electron chi connectivity index (χ2n) is 8.97. The van der Waals surface area contributed by atoms with Crippen molar-refractivity contribution in [2.75, 3.05) is 47.1 Å². The number of rotatable bonds is 6. The maximum atomic E-state index is 12.7. The van der Waals surface area contributed by atoms with Crippen molar-refractivity contribution in [2.45, 2.75) is 51.1 Å². The Labute approximate surface area is 174 Å². The van der Waals surface area contributed by atoms with Crippen LogP contribution in [0.5, 0.6) is 11.5 Å². The molecule has 1 amide bonds. The summed E-state index contributed by atoms with van der Waals surface area (Å²) in [6.07, 6.45) is 6.31. The van der Waals surface area contributed by atoms with Gasteiger partial charge in [-0.05, 0) is 70.8 Å². The van der Waals surface area contributed by atoms with Gasteiger partial charge in [-0.1, -0.05) is 12.1 Å². The molecule has 1 aromatic rings. The number of benzene rings is 1. The lowest BCUT2D eigenvalue weighted by molar-refractivity contribution is -0.133. The van der Waals surface area contributed by atoms with Crippen LogP contribution in [-0.2, 0) is 11.3 Å².